The molecule has 0 saturated carbocycles. The van der Waals surface area contributed by atoms with E-state index < -0.39 is 6.36 Å². The topological polar surface area (TPSA) is 39.2 Å². The van der Waals surface area contributed by atoms with E-state index in [-0.39, 0.29) is 23.1 Å². The average molecular weight is 316 g/mol. The molecular formula is C14H9ClF3NO2. The van der Waals surface area contributed by atoms with Gasteiger partial charge in [-0.25, -0.2) is 4.98 Å². The maximum absolute atomic E-state index is 12.0. The summed E-state index contributed by atoms with van der Waals surface area (Å²) < 4.78 is 39.8. The van der Waals surface area contributed by atoms with Crippen LogP contribution in [0.15, 0.2) is 42.6 Å². The van der Waals surface area contributed by atoms with E-state index in [2.05, 4.69) is 9.72 Å². The highest BCUT2D eigenvalue weighted by molar-refractivity contribution is 6.29. The Balaban J connectivity index is 2.05. The molecule has 3 nitrogen and oxygen atoms in total. The van der Waals surface area contributed by atoms with Crippen molar-refractivity contribution in [2.75, 3.05) is 0 Å². The minimum atomic E-state index is -4.73. The van der Waals surface area contributed by atoms with E-state index in [0.717, 1.165) is 12.1 Å². The minimum Gasteiger partial charge on any atom is -0.406 e. The zero-order valence-corrected chi connectivity index (χ0v) is 11.3. The van der Waals surface area contributed by atoms with Crippen molar-refractivity contribution in [2.45, 2.75) is 12.8 Å². The first kappa shape index (κ1) is 15.3. The van der Waals surface area contributed by atoms with Gasteiger partial charge in [0.05, 0.1) is 0 Å². The van der Waals surface area contributed by atoms with Gasteiger partial charge in [-0.15, -0.1) is 13.2 Å². The van der Waals surface area contributed by atoms with Gasteiger partial charge in [-0.1, -0.05) is 23.7 Å². The van der Waals surface area contributed by atoms with Crippen LogP contribution < -0.4 is 4.74 Å². The van der Waals surface area contributed by atoms with E-state index in [0.29, 0.717) is 11.1 Å². The van der Waals surface area contributed by atoms with Crippen molar-refractivity contribution in [3.63, 3.8) is 0 Å². The second-order valence-corrected chi connectivity index (χ2v) is 4.55. The second kappa shape index (κ2) is 6.13. The number of carbonyl (C=O) groups is 1. The predicted octanol–water partition coefficient (Wildman–Crippen LogP) is 4.06. The van der Waals surface area contributed by atoms with Gasteiger partial charge >= 0.3 is 6.36 Å². The van der Waals surface area contributed by atoms with E-state index in [1.165, 1.54) is 30.5 Å². The summed E-state index contributed by atoms with van der Waals surface area (Å²) in [6, 6.07) is 8.09. The van der Waals surface area contributed by atoms with Crippen molar-refractivity contribution in [3.8, 4) is 5.75 Å². The summed E-state index contributed by atoms with van der Waals surface area (Å²) in [5.74, 6) is -0.533. The molecule has 1 aromatic carbocycles. The molecule has 0 unspecified atom stereocenters. The molecule has 0 atom stereocenters. The third kappa shape index (κ3) is 4.75. The first-order valence-corrected chi connectivity index (χ1v) is 6.21. The molecule has 2 rings (SSSR count). The van der Waals surface area contributed by atoms with Crippen LogP contribution in [0, 0.1) is 0 Å². The number of ether oxygens (including phenoxy) is 1. The molecule has 1 aromatic heterocycles. The zero-order valence-electron chi connectivity index (χ0n) is 10.5. The van der Waals surface area contributed by atoms with E-state index in [1.54, 1.807) is 0 Å². The normalized spacial score (nSPS) is 11.2. The van der Waals surface area contributed by atoms with Crippen LogP contribution in [0.5, 0.6) is 5.75 Å². The lowest BCUT2D eigenvalue weighted by atomic mass is 10.0. The highest BCUT2D eigenvalue weighted by Crippen LogP contribution is 2.23. The van der Waals surface area contributed by atoms with Crippen LogP contribution in [0.25, 0.3) is 0 Å². The van der Waals surface area contributed by atoms with Gasteiger partial charge in [-0.05, 0) is 29.8 Å². The number of pyridine rings is 1. The van der Waals surface area contributed by atoms with Crippen LogP contribution in [0.3, 0.4) is 0 Å². The number of halogens is 4. The van der Waals surface area contributed by atoms with E-state index in [1.807, 2.05) is 0 Å². The van der Waals surface area contributed by atoms with Gasteiger partial charge in [0.1, 0.15) is 10.9 Å². The molecule has 0 bridgehead atoms. The summed E-state index contributed by atoms with van der Waals surface area (Å²) >= 11 is 5.69. The molecule has 0 radical (unpaired) electrons. The summed E-state index contributed by atoms with van der Waals surface area (Å²) in [4.78, 5) is 15.7. The average Bonchev–Trinajstić information content (AvgIpc) is 2.39. The molecule has 110 valence electrons. The highest BCUT2D eigenvalue weighted by atomic mass is 35.5. The van der Waals surface area contributed by atoms with Crippen molar-refractivity contribution < 1.29 is 22.7 Å². The number of alkyl halides is 3. The number of Topliss-reactive ketones (excluding diaryl/α,β-unsaturated/α-hetero) is 1. The lowest BCUT2D eigenvalue weighted by Gasteiger charge is -2.09. The van der Waals surface area contributed by atoms with Gasteiger partial charge in [0.15, 0.2) is 5.78 Å². The number of benzene rings is 1. The van der Waals surface area contributed by atoms with Crippen molar-refractivity contribution in [1.29, 1.82) is 0 Å². The number of nitrogens with zero attached hydrogens (tertiary/aromatic N) is 1. The Kier molecular flexibility index (Phi) is 4.47. The van der Waals surface area contributed by atoms with Crippen LogP contribution in [-0.2, 0) is 6.42 Å². The lowest BCUT2D eigenvalue weighted by Crippen LogP contribution is -2.17. The number of hydrogen-bond donors (Lipinski definition) is 0. The molecule has 0 aliphatic heterocycles. The molecule has 7 heteroatoms. The molecule has 1 heterocycles. The molecule has 21 heavy (non-hydrogen) atoms. The maximum Gasteiger partial charge on any atom is 0.573 e. The Hall–Kier alpha value is -2.08. The van der Waals surface area contributed by atoms with E-state index in [4.69, 9.17) is 11.6 Å². The van der Waals surface area contributed by atoms with Crippen molar-refractivity contribution in [3.05, 3.63) is 58.9 Å². The molecule has 0 aliphatic carbocycles. The van der Waals surface area contributed by atoms with Crippen molar-refractivity contribution >= 4 is 17.4 Å². The quantitative estimate of drug-likeness (QED) is 0.631. The zero-order chi connectivity index (χ0) is 15.5. The van der Waals surface area contributed by atoms with Gasteiger partial charge in [-0.2, -0.15) is 0 Å². The van der Waals surface area contributed by atoms with Crippen LogP contribution in [0.1, 0.15) is 15.9 Å². The molecule has 0 saturated heterocycles. The van der Waals surface area contributed by atoms with Crippen LogP contribution in [-0.4, -0.2) is 17.1 Å². The number of hydrogen-bond acceptors (Lipinski definition) is 3. The molecule has 0 amide bonds. The van der Waals surface area contributed by atoms with Crippen LogP contribution >= 0.6 is 11.6 Å². The first-order chi connectivity index (χ1) is 9.83. The summed E-state index contributed by atoms with van der Waals surface area (Å²) in [5, 5.41) is 0.203. The van der Waals surface area contributed by atoms with Gasteiger partial charge in [0.2, 0.25) is 0 Å². The van der Waals surface area contributed by atoms with Crippen LogP contribution in [0.2, 0.25) is 5.15 Å². The van der Waals surface area contributed by atoms with Crippen molar-refractivity contribution in [1.82, 2.24) is 4.98 Å². The smallest absolute Gasteiger partial charge is 0.406 e. The first-order valence-electron chi connectivity index (χ1n) is 5.83. The monoisotopic (exact) mass is 315 g/mol. The van der Waals surface area contributed by atoms with Gasteiger partial charge in [0.25, 0.3) is 0 Å². The van der Waals surface area contributed by atoms with Crippen molar-refractivity contribution in [2.24, 2.45) is 0 Å². The SMILES string of the molecule is O=C(Cc1ccc(OC(F)(F)F)cc1)c1ccnc(Cl)c1. The number of ketones is 1. The standard InChI is InChI=1S/C14H9ClF3NO2/c15-13-8-10(5-6-19-13)12(20)7-9-1-3-11(4-2-9)21-14(16,17)18/h1-6,8H,7H2. The fraction of sp³-hybridized carbons (Fsp3) is 0.143. The second-order valence-electron chi connectivity index (χ2n) is 4.16. The molecule has 0 aliphatic rings. The Morgan fingerprint density at radius 1 is 1.19 bits per heavy atom. The van der Waals surface area contributed by atoms with E-state index >= 15 is 0 Å². The predicted molar refractivity (Wildman–Crippen MR) is 70.4 cm³/mol. The molecule has 2 aromatic rings. The van der Waals surface area contributed by atoms with Gasteiger partial charge in [0, 0.05) is 18.2 Å². The molecule has 0 fully saturated rings. The number of rotatable bonds is 4. The molecular weight excluding hydrogens is 307 g/mol. The summed E-state index contributed by atoms with van der Waals surface area (Å²) in [7, 11) is 0. The fourth-order valence-electron chi connectivity index (χ4n) is 1.67. The molecule has 0 spiro atoms. The maximum atomic E-state index is 12.0. The number of carbonyl (C=O) groups excluding carboxylic acids is 1. The molecule has 0 N–H and O–H groups in total. The summed E-state index contributed by atoms with van der Waals surface area (Å²) in [6.45, 7) is 0. The fourth-order valence-corrected chi connectivity index (χ4v) is 1.85. The Bertz CT molecular complexity index is 641. The highest BCUT2D eigenvalue weighted by Gasteiger charge is 2.30. The Labute approximate surface area is 123 Å². The Morgan fingerprint density at radius 2 is 1.86 bits per heavy atom. The lowest BCUT2D eigenvalue weighted by molar-refractivity contribution is -0.274. The van der Waals surface area contributed by atoms with Gasteiger partial charge in [-0.3, -0.25) is 4.79 Å². The number of aromatic nitrogens is 1. The Morgan fingerprint density at radius 3 is 2.43 bits per heavy atom. The summed E-state index contributed by atoms with van der Waals surface area (Å²) in [6.07, 6.45) is -3.27. The van der Waals surface area contributed by atoms with Gasteiger partial charge < -0.3 is 4.74 Å². The minimum absolute atomic E-state index is 0.0483. The van der Waals surface area contributed by atoms with E-state index in [9.17, 15) is 18.0 Å². The third-order valence-corrected chi connectivity index (χ3v) is 2.78. The van der Waals surface area contributed by atoms with Crippen LogP contribution in [0.4, 0.5) is 13.2 Å². The summed E-state index contributed by atoms with van der Waals surface area (Å²) in [5.41, 5.74) is 0.966. The largest absolute Gasteiger partial charge is 0.573 e. The third-order valence-electron chi connectivity index (χ3n) is 2.57.